The number of hydrogen-bond acceptors (Lipinski definition) is 7. The number of nitrogens with two attached hydrogens (primary N) is 2. The summed E-state index contributed by atoms with van der Waals surface area (Å²) >= 11 is 3.37. The number of aldehydes is 1. The number of nitrogens with zero attached hydrogens (tertiary/aromatic N) is 3. The van der Waals surface area contributed by atoms with Crippen molar-refractivity contribution in [3.63, 3.8) is 0 Å². The maximum Gasteiger partial charge on any atom is 0.254 e. The van der Waals surface area contributed by atoms with E-state index in [4.69, 9.17) is 11.6 Å². The van der Waals surface area contributed by atoms with E-state index in [-0.39, 0.29) is 23.2 Å². The van der Waals surface area contributed by atoms with Crippen LogP contribution in [0.2, 0.25) is 0 Å². The van der Waals surface area contributed by atoms with Gasteiger partial charge in [-0.1, -0.05) is 35.8 Å². The van der Waals surface area contributed by atoms with E-state index in [1.165, 1.54) is 11.2 Å². The van der Waals surface area contributed by atoms with Gasteiger partial charge in [-0.05, 0) is 24.1 Å². The molecule has 1 amide bonds. The van der Waals surface area contributed by atoms with E-state index in [1.54, 1.807) is 6.07 Å². The fourth-order valence-corrected chi connectivity index (χ4v) is 2.55. The van der Waals surface area contributed by atoms with Crippen LogP contribution in [0.15, 0.2) is 34.9 Å². The lowest BCUT2D eigenvalue weighted by molar-refractivity contribution is -0.109. The van der Waals surface area contributed by atoms with Gasteiger partial charge in [0.05, 0.1) is 0 Å². The van der Waals surface area contributed by atoms with Crippen molar-refractivity contribution in [2.75, 3.05) is 10.3 Å². The van der Waals surface area contributed by atoms with Crippen molar-refractivity contribution in [2.24, 2.45) is 17.5 Å². The number of hydrogen-bond donors (Lipinski definition) is 3. The van der Waals surface area contributed by atoms with Crippen LogP contribution in [-0.4, -0.2) is 28.2 Å². The molecule has 0 aliphatic carbocycles. The Balaban J connectivity index is 2.42. The lowest BCUT2D eigenvalue weighted by Crippen LogP contribution is -2.46. The standard InChI is InChI=1S/C16H19BrN6O2/c1-9(2)13(8-24)23(19)16-20-7-12(14(18)25)15(22-16)21-11-5-3-4-10(17)6-11/h3-9,13H,19H2,1-2H3,(H2,18,25)(H,20,21,22)/t13-/m0/s1. The normalized spacial score (nSPS) is 11.9. The third-order valence-corrected chi connectivity index (χ3v) is 4.00. The van der Waals surface area contributed by atoms with Crippen LogP contribution < -0.4 is 21.9 Å². The number of rotatable bonds is 7. The minimum Gasteiger partial charge on any atom is -0.365 e. The molecule has 8 nitrogen and oxygen atoms in total. The molecular formula is C16H19BrN6O2. The molecule has 9 heteroatoms. The van der Waals surface area contributed by atoms with Gasteiger partial charge in [-0.3, -0.25) is 9.80 Å². The first-order valence-electron chi connectivity index (χ1n) is 7.52. The van der Waals surface area contributed by atoms with Gasteiger partial charge in [0.15, 0.2) is 0 Å². The molecule has 25 heavy (non-hydrogen) atoms. The molecule has 1 atom stereocenters. The minimum atomic E-state index is -0.677. The van der Waals surface area contributed by atoms with E-state index in [9.17, 15) is 9.59 Å². The van der Waals surface area contributed by atoms with Gasteiger partial charge in [0.1, 0.15) is 23.7 Å². The van der Waals surface area contributed by atoms with E-state index in [0.29, 0.717) is 5.69 Å². The summed E-state index contributed by atoms with van der Waals surface area (Å²) < 4.78 is 0.855. The molecule has 0 bridgehead atoms. The van der Waals surface area contributed by atoms with Crippen LogP contribution in [-0.2, 0) is 4.79 Å². The summed E-state index contributed by atoms with van der Waals surface area (Å²) in [7, 11) is 0. The quantitative estimate of drug-likeness (QED) is 0.364. The van der Waals surface area contributed by atoms with Gasteiger partial charge in [0, 0.05) is 16.4 Å². The van der Waals surface area contributed by atoms with Gasteiger partial charge in [-0.2, -0.15) is 4.98 Å². The molecule has 0 saturated heterocycles. The molecule has 0 aliphatic rings. The molecular weight excluding hydrogens is 388 g/mol. The van der Waals surface area contributed by atoms with E-state index >= 15 is 0 Å². The summed E-state index contributed by atoms with van der Waals surface area (Å²) in [4.78, 5) is 31.3. The number of primary amides is 1. The van der Waals surface area contributed by atoms with E-state index in [1.807, 2.05) is 32.0 Å². The molecule has 0 fully saturated rings. The van der Waals surface area contributed by atoms with Crippen molar-refractivity contribution in [3.05, 3.63) is 40.5 Å². The smallest absolute Gasteiger partial charge is 0.254 e. The lowest BCUT2D eigenvalue weighted by Gasteiger charge is -2.26. The number of halogens is 1. The van der Waals surface area contributed by atoms with Crippen LogP contribution in [0.5, 0.6) is 0 Å². The molecule has 1 aromatic heterocycles. The van der Waals surface area contributed by atoms with Gasteiger partial charge in [-0.15, -0.1) is 0 Å². The molecule has 2 aromatic rings. The molecule has 0 radical (unpaired) electrons. The molecule has 1 heterocycles. The molecule has 132 valence electrons. The molecule has 0 spiro atoms. The maximum atomic E-state index is 11.7. The molecule has 0 saturated carbocycles. The zero-order valence-corrected chi connectivity index (χ0v) is 15.4. The number of amides is 1. The summed E-state index contributed by atoms with van der Waals surface area (Å²) in [5.41, 5.74) is 6.20. The maximum absolute atomic E-state index is 11.7. The summed E-state index contributed by atoms with van der Waals surface area (Å²) in [6, 6.07) is 6.71. The second-order valence-electron chi connectivity index (χ2n) is 5.71. The Kier molecular flexibility index (Phi) is 6.05. The molecule has 0 aliphatic heterocycles. The van der Waals surface area contributed by atoms with Crippen LogP contribution in [0, 0.1) is 5.92 Å². The number of aromatic nitrogens is 2. The average molecular weight is 407 g/mol. The first-order valence-corrected chi connectivity index (χ1v) is 8.31. The fourth-order valence-electron chi connectivity index (χ4n) is 2.15. The number of anilines is 3. The Hall–Kier alpha value is -2.52. The predicted octanol–water partition coefficient (Wildman–Crippen LogP) is 1.99. The van der Waals surface area contributed by atoms with Gasteiger partial charge >= 0.3 is 0 Å². The van der Waals surface area contributed by atoms with Crippen LogP contribution in [0.25, 0.3) is 0 Å². The number of hydrazine groups is 1. The Morgan fingerprint density at radius 1 is 1.40 bits per heavy atom. The second kappa shape index (κ2) is 8.04. The van der Waals surface area contributed by atoms with Crippen molar-refractivity contribution >= 4 is 45.6 Å². The predicted molar refractivity (Wildman–Crippen MR) is 99.3 cm³/mol. The monoisotopic (exact) mass is 406 g/mol. The number of carbonyl (C=O) groups excluding carboxylic acids is 2. The highest BCUT2D eigenvalue weighted by Crippen LogP contribution is 2.23. The highest BCUT2D eigenvalue weighted by Gasteiger charge is 2.23. The number of benzene rings is 1. The van der Waals surface area contributed by atoms with Gasteiger partial charge in [0.25, 0.3) is 5.91 Å². The molecule has 1 aromatic carbocycles. The topological polar surface area (TPSA) is 127 Å². The molecule has 2 rings (SSSR count). The average Bonchev–Trinajstić information content (AvgIpc) is 2.54. The van der Waals surface area contributed by atoms with E-state index < -0.39 is 11.9 Å². The van der Waals surface area contributed by atoms with Crippen molar-refractivity contribution in [1.82, 2.24) is 9.97 Å². The number of carbonyl (C=O) groups is 2. The summed E-state index contributed by atoms with van der Waals surface area (Å²) in [5.74, 6) is 5.59. The largest absolute Gasteiger partial charge is 0.365 e. The summed E-state index contributed by atoms with van der Waals surface area (Å²) in [5, 5.41) is 4.20. The van der Waals surface area contributed by atoms with Crippen LogP contribution in [0.4, 0.5) is 17.5 Å². The Morgan fingerprint density at radius 3 is 2.68 bits per heavy atom. The van der Waals surface area contributed by atoms with Crippen LogP contribution in [0.1, 0.15) is 24.2 Å². The van der Waals surface area contributed by atoms with Gasteiger partial charge in [0.2, 0.25) is 5.95 Å². The van der Waals surface area contributed by atoms with Gasteiger partial charge in [-0.25, -0.2) is 10.8 Å². The molecule has 5 N–H and O–H groups in total. The number of nitrogens with one attached hydrogen (secondary N) is 1. The fraction of sp³-hybridized carbons (Fsp3) is 0.250. The van der Waals surface area contributed by atoms with E-state index in [0.717, 1.165) is 10.8 Å². The highest BCUT2D eigenvalue weighted by molar-refractivity contribution is 9.10. The van der Waals surface area contributed by atoms with Crippen molar-refractivity contribution in [3.8, 4) is 0 Å². The first kappa shape index (κ1) is 18.8. The Morgan fingerprint density at radius 2 is 2.12 bits per heavy atom. The first-order chi connectivity index (χ1) is 11.8. The zero-order valence-electron chi connectivity index (χ0n) is 13.8. The van der Waals surface area contributed by atoms with Gasteiger partial charge < -0.3 is 15.8 Å². The zero-order chi connectivity index (χ0) is 18.6. The molecule has 0 unspecified atom stereocenters. The van der Waals surface area contributed by atoms with Crippen molar-refractivity contribution in [2.45, 2.75) is 19.9 Å². The summed E-state index contributed by atoms with van der Waals surface area (Å²) in [6.45, 7) is 3.72. The highest BCUT2D eigenvalue weighted by atomic mass is 79.9. The summed E-state index contributed by atoms with van der Waals surface area (Å²) in [6.07, 6.45) is 2.02. The van der Waals surface area contributed by atoms with Crippen molar-refractivity contribution in [1.29, 1.82) is 0 Å². The van der Waals surface area contributed by atoms with E-state index in [2.05, 4.69) is 31.2 Å². The third-order valence-electron chi connectivity index (χ3n) is 3.50. The SMILES string of the molecule is CC(C)[C@H](C=O)N(N)c1ncc(C(N)=O)c(Nc2cccc(Br)c2)n1. The second-order valence-corrected chi connectivity index (χ2v) is 6.63. The Labute approximate surface area is 153 Å². The Bertz CT molecular complexity index is 783. The third kappa shape index (κ3) is 4.52. The van der Waals surface area contributed by atoms with Crippen LogP contribution >= 0.6 is 15.9 Å². The van der Waals surface area contributed by atoms with Crippen molar-refractivity contribution < 1.29 is 9.59 Å². The lowest BCUT2D eigenvalue weighted by atomic mass is 10.1. The van der Waals surface area contributed by atoms with Crippen LogP contribution in [0.3, 0.4) is 0 Å². The minimum absolute atomic E-state index is 0.0385.